The van der Waals surface area contributed by atoms with Crippen LogP contribution in [0.25, 0.3) is 34.0 Å². The third-order valence-electron chi connectivity index (χ3n) is 7.68. The van der Waals surface area contributed by atoms with Gasteiger partial charge in [-0.25, -0.2) is 33.7 Å². The maximum Gasteiger partial charge on any atom is 1.00 e. The Morgan fingerprint density at radius 1 is 0.467 bits per heavy atom. The van der Waals surface area contributed by atoms with Crippen molar-refractivity contribution in [1.82, 2.24) is 9.97 Å². The summed E-state index contributed by atoms with van der Waals surface area (Å²) in [4.78, 5) is 4.35. The van der Waals surface area contributed by atoms with Crippen molar-refractivity contribution < 1.29 is 180 Å². The summed E-state index contributed by atoms with van der Waals surface area (Å²) in [5, 5.41) is 35.7. The third-order valence-corrected chi connectivity index (χ3v) is 11.2. The molecule has 2 aromatic heterocycles. The molecule has 0 saturated heterocycles. The monoisotopic (exact) mass is 930 g/mol. The predicted octanol–water partition coefficient (Wildman–Crippen LogP) is -7.17. The van der Waals surface area contributed by atoms with Gasteiger partial charge in [0.05, 0.1) is 31.0 Å². The first-order valence-electron chi connectivity index (χ1n) is 15.0. The molecular formula is C32H18N6Na4O14S4. The van der Waals surface area contributed by atoms with Crippen LogP contribution in [-0.4, -0.2) is 72.1 Å². The standard InChI is InChI=1S/C32H22N6O14S4.4Na/c39-31-23(15-27(55(47,48)49)21-3-1-11-33-29(21)31)37-35-19-9-7-17(25(13-19)53(41,42)43)5-6-18-8-10-20(14-26(18)54(44,45)46)36-38-24-16-28(56(50,51)52)22-4-2-12-34-30(22)32(24)40;;;;/h1-16,39-40H,(H,41,42,43)(H,44,45,46)(H,47,48,49)(H,50,51,52);;;;/q;4*+1/p-4/b6-5-,37-35?,38-36?;;;;. The zero-order valence-electron chi connectivity index (χ0n) is 31.3. The van der Waals surface area contributed by atoms with E-state index in [1.807, 2.05) is 0 Å². The first-order valence-corrected chi connectivity index (χ1v) is 20.6. The molecule has 0 unspecified atom stereocenters. The molecule has 2 N–H and O–H groups in total. The molecule has 0 fully saturated rings. The summed E-state index contributed by atoms with van der Waals surface area (Å²) >= 11 is 0. The predicted molar refractivity (Wildman–Crippen MR) is 189 cm³/mol. The number of aromatic nitrogens is 2. The number of benzene rings is 4. The van der Waals surface area contributed by atoms with Crippen molar-refractivity contribution in [3.8, 4) is 11.5 Å². The number of aromatic hydroxyl groups is 2. The largest absolute Gasteiger partial charge is 1.00 e. The smallest absolute Gasteiger partial charge is 0.744 e. The second-order valence-corrected chi connectivity index (χ2v) is 16.7. The Morgan fingerprint density at radius 3 is 1.12 bits per heavy atom. The summed E-state index contributed by atoms with van der Waals surface area (Å²) < 4.78 is 145. The van der Waals surface area contributed by atoms with Crippen LogP contribution in [0.2, 0.25) is 0 Å². The van der Waals surface area contributed by atoms with E-state index in [0.717, 1.165) is 60.7 Å². The maximum atomic E-state index is 12.2. The Bertz CT molecular complexity index is 2980. The molecule has 288 valence electrons. The van der Waals surface area contributed by atoms with Gasteiger partial charge in [0.15, 0.2) is 11.5 Å². The topological polar surface area (TPSA) is 344 Å². The fourth-order valence-electron chi connectivity index (χ4n) is 5.22. The fourth-order valence-corrected chi connectivity index (χ4v) is 7.98. The normalized spacial score (nSPS) is 12.3. The second-order valence-electron chi connectivity index (χ2n) is 11.3. The van der Waals surface area contributed by atoms with Crippen LogP contribution in [0, 0.1) is 0 Å². The van der Waals surface area contributed by atoms with Gasteiger partial charge in [-0.15, -0.1) is 10.2 Å². The van der Waals surface area contributed by atoms with Gasteiger partial charge in [-0.2, -0.15) is 10.2 Å². The molecule has 0 spiro atoms. The molecule has 0 bridgehead atoms. The van der Waals surface area contributed by atoms with E-state index in [1.54, 1.807) is 0 Å². The van der Waals surface area contributed by atoms with Gasteiger partial charge in [-0.1, -0.05) is 24.3 Å². The van der Waals surface area contributed by atoms with Crippen molar-refractivity contribution in [3.05, 3.63) is 96.3 Å². The van der Waals surface area contributed by atoms with Gasteiger partial charge >= 0.3 is 118 Å². The van der Waals surface area contributed by atoms with Gasteiger partial charge in [0.2, 0.25) is 0 Å². The van der Waals surface area contributed by atoms with E-state index in [1.165, 1.54) is 36.7 Å². The van der Waals surface area contributed by atoms with Gasteiger partial charge in [-0.3, -0.25) is 9.97 Å². The molecule has 6 rings (SSSR count). The van der Waals surface area contributed by atoms with E-state index in [9.17, 15) is 62.1 Å². The summed E-state index contributed by atoms with van der Waals surface area (Å²) in [7, 11) is -20.8. The number of hydrogen-bond donors (Lipinski definition) is 2. The van der Waals surface area contributed by atoms with Crippen LogP contribution in [-0.2, 0) is 40.5 Å². The summed E-state index contributed by atoms with van der Waals surface area (Å²) in [6.07, 6.45) is 4.38. The number of phenols is 2. The van der Waals surface area contributed by atoms with Crippen molar-refractivity contribution in [2.45, 2.75) is 19.6 Å². The van der Waals surface area contributed by atoms with Gasteiger partial charge in [-0.05, 0) is 71.8 Å². The molecule has 0 amide bonds. The Kier molecular flexibility index (Phi) is 18.9. The number of azo groups is 2. The third kappa shape index (κ3) is 12.3. The molecule has 20 nitrogen and oxygen atoms in total. The Labute approximate surface area is 429 Å². The minimum Gasteiger partial charge on any atom is -0.744 e. The van der Waals surface area contributed by atoms with E-state index in [-0.39, 0.29) is 163 Å². The van der Waals surface area contributed by atoms with E-state index in [2.05, 4.69) is 30.4 Å². The molecular weight excluding hydrogens is 913 g/mol. The van der Waals surface area contributed by atoms with Gasteiger partial charge in [0.1, 0.15) is 62.9 Å². The molecule has 4 aromatic carbocycles. The Morgan fingerprint density at radius 2 is 0.800 bits per heavy atom. The fraction of sp³-hybridized carbons (Fsp3) is 0. The zero-order chi connectivity index (χ0) is 40.8. The summed E-state index contributed by atoms with van der Waals surface area (Å²) in [5.41, 5.74) is -2.94. The zero-order valence-corrected chi connectivity index (χ0v) is 42.6. The van der Waals surface area contributed by atoms with Crippen molar-refractivity contribution in [3.63, 3.8) is 0 Å². The molecule has 0 atom stereocenters. The minimum atomic E-state index is -5.29. The van der Waals surface area contributed by atoms with Crippen LogP contribution < -0.4 is 118 Å². The summed E-state index contributed by atoms with van der Waals surface area (Å²) in [6.45, 7) is 0. The Hall–Kier alpha value is -2.12. The number of nitrogens with zero attached hydrogens (tertiary/aromatic N) is 6. The van der Waals surface area contributed by atoms with Crippen molar-refractivity contribution in [1.29, 1.82) is 0 Å². The SMILES string of the molecule is O=S(=O)([O-])c1cc(N=Nc2cc(S(=O)(=O)[O-])c3cccnc3c2O)ccc1/C=C\c1ccc(N=Nc2cc(S(=O)(=O)[O-])c3cccnc3c2O)cc1S(=O)(=O)[O-].[Na+].[Na+].[Na+].[Na+]. The van der Waals surface area contributed by atoms with Crippen LogP contribution >= 0.6 is 0 Å². The van der Waals surface area contributed by atoms with Crippen LogP contribution in [0.4, 0.5) is 22.7 Å². The number of pyridine rings is 2. The van der Waals surface area contributed by atoms with Crippen LogP contribution in [0.15, 0.2) is 125 Å². The molecule has 0 aliphatic rings. The number of fused-ring (bicyclic) bond motifs is 2. The molecule has 0 aliphatic heterocycles. The van der Waals surface area contributed by atoms with Gasteiger partial charge < -0.3 is 28.4 Å². The van der Waals surface area contributed by atoms with Crippen molar-refractivity contribution in [2.75, 3.05) is 0 Å². The van der Waals surface area contributed by atoms with Crippen LogP contribution in [0.3, 0.4) is 0 Å². The molecule has 28 heteroatoms. The second kappa shape index (κ2) is 21.0. The van der Waals surface area contributed by atoms with E-state index < -0.39 is 82.9 Å². The first kappa shape index (κ1) is 54.0. The van der Waals surface area contributed by atoms with Crippen LogP contribution in [0.5, 0.6) is 11.5 Å². The first-order chi connectivity index (χ1) is 26.1. The number of hydrogen-bond acceptors (Lipinski definition) is 20. The van der Waals surface area contributed by atoms with Gasteiger partial charge in [0.25, 0.3) is 0 Å². The summed E-state index contributed by atoms with van der Waals surface area (Å²) in [6, 6.07) is 12.4. The van der Waals surface area contributed by atoms with E-state index >= 15 is 0 Å². The average Bonchev–Trinajstić information content (AvgIpc) is 3.12. The molecule has 0 aliphatic carbocycles. The molecule has 6 aromatic rings. The molecule has 0 radical (unpaired) electrons. The van der Waals surface area contributed by atoms with Gasteiger partial charge in [0, 0.05) is 23.2 Å². The quantitative estimate of drug-likeness (QED) is 0.0558. The van der Waals surface area contributed by atoms with Crippen molar-refractivity contribution >= 4 is 97.2 Å². The Balaban J connectivity index is 0.00000310. The average molecular weight is 931 g/mol. The minimum absolute atomic E-state index is 0. The molecule has 60 heavy (non-hydrogen) atoms. The maximum absolute atomic E-state index is 12.2. The van der Waals surface area contributed by atoms with E-state index in [0.29, 0.717) is 0 Å². The molecule has 2 heterocycles. The number of phenolic OH excluding ortho intramolecular Hbond substituents is 2. The van der Waals surface area contributed by atoms with Crippen molar-refractivity contribution in [2.24, 2.45) is 20.5 Å². The number of rotatable bonds is 10. The van der Waals surface area contributed by atoms with Crippen LogP contribution in [0.1, 0.15) is 11.1 Å². The molecule has 0 saturated carbocycles. The van der Waals surface area contributed by atoms with E-state index in [4.69, 9.17) is 0 Å². The summed E-state index contributed by atoms with van der Waals surface area (Å²) in [5.74, 6) is -1.34.